The van der Waals surface area contributed by atoms with Crippen LogP contribution in [0.3, 0.4) is 0 Å². The number of hydrogen-bond acceptors (Lipinski definition) is 8. The SMILES string of the molecule is NCCCNc1nc(NCc2ccc(-c3ccccc3N)nc2)c2ncn(C3CCCC3)c2n1. The first-order valence-electron chi connectivity index (χ1n) is 11.9. The van der Waals surface area contributed by atoms with Crippen LogP contribution >= 0.6 is 0 Å². The zero-order chi connectivity index (χ0) is 23.3. The van der Waals surface area contributed by atoms with Gasteiger partial charge in [-0.05, 0) is 43.5 Å². The van der Waals surface area contributed by atoms with Gasteiger partial charge in [0, 0.05) is 36.6 Å². The predicted molar refractivity (Wildman–Crippen MR) is 136 cm³/mol. The van der Waals surface area contributed by atoms with Crippen molar-refractivity contribution in [2.75, 3.05) is 29.5 Å². The van der Waals surface area contributed by atoms with Gasteiger partial charge in [-0.25, -0.2) is 4.98 Å². The Morgan fingerprint density at radius 3 is 2.62 bits per heavy atom. The number of para-hydroxylation sites is 1. The number of nitrogen functional groups attached to an aromatic ring is 1. The summed E-state index contributed by atoms with van der Waals surface area (Å²) in [5.74, 6) is 1.31. The topological polar surface area (TPSA) is 133 Å². The molecule has 1 aliphatic carbocycles. The molecule has 176 valence electrons. The zero-order valence-corrected chi connectivity index (χ0v) is 19.2. The summed E-state index contributed by atoms with van der Waals surface area (Å²) in [6, 6.07) is 12.3. The van der Waals surface area contributed by atoms with E-state index in [1.54, 1.807) is 0 Å². The number of pyridine rings is 1. The van der Waals surface area contributed by atoms with Gasteiger partial charge in [0.05, 0.1) is 12.0 Å². The number of benzene rings is 1. The fourth-order valence-corrected chi connectivity index (χ4v) is 4.48. The summed E-state index contributed by atoms with van der Waals surface area (Å²) in [7, 11) is 0. The molecular weight excluding hydrogens is 426 g/mol. The molecule has 4 aromatic rings. The molecule has 9 nitrogen and oxygen atoms in total. The standard InChI is InChI=1S/C25H31N9/c26-12-5-13-28-25-32-23(22-24(33-25)34(16-31-22)18-6-1-2-7-18)30-15-17-10-11-21(29-14-17)19-8-3-4-9-20(19)27/h3-4,8-11,14,16,18H,1-2,5-7,12-13,15,26-27H2,(H2,28,30,32,33). The van der Waals surface area contributed by atoms with Gasteiger partial charge in [-0.2, -0.15) is 9.97 Å². The highest BCUT2D eigenvalue weighted by molar-refractivity contribution is 5.84. The molecule has 0 atom stereocenters. The molecule has 1 fully saturated rings. The maximum absolute atomic E-state index is 6.09. The van der Waals surface area contributed by atoms with Gasteiger partial charge in [-0.15, -0.1) is 0 Å². The van der Waals surface area contributed by atoms with Gasteiger partial charge in [-0.1, -0.05) is 37.1 Å². The van der Waals surface area contributed by atoms with Gasteiger partial charge in [-0.3, -0.25) is 4.98 Å². The predicted octanol–water partition coefficient (Wildman–Crippen LogP) is 3.96. The second kappa shape index (κ2) is 10.0. The molecular formula is C25H31N9. The molecule has 3 aromatic heterocycles. The minimum absolute atomic E-state index is 0.451. The molecule has 0 aliphatic heterocycles. The van der Waals surface area contributed by atoms with Gasteiger partial charge >= 0.3 is 0 Å². The van der Waals surface area contributed by atoms with Crippen molar-refractivity contribution >= 4 is 28.6 Å². The highest BCUT2D eigenvalue weighted by Crippen LogP contribution is 2.33. The molecule has 1 saturated carbocycles. The van der Waals surface area contributed by atoms with Crippen LogP contribution in [0.2, 0.25) is 0 Å². The molecule has 9 heteroatoms. The number of nitrogens with two attached hydrogens (primary N) is 2. The molecule has 0 amide bonds. The molecule has 0 spiro atoms. The summed E-state index contributed by atoms with van der Waals surface area (Å²) in [6.07, 6.45) is 9.46. The van der Waals surface area contributed by atoms with Gasteiger partial charge in [0.2, 0.25) is 5.95 Å². The Kier molecular flexibility index (Phi) is 6.53. The first-order valence-corrected chi connectivity index (χ1v) is 11.9. The van der Waals surface area contributed by atoms with Crippen LogP contribution in [0.25, 0.3) is 22.4 Å². The lowest BCUT2D eigenvalue weighted by Gasteiger charge is -2.14. The van der Waals surface area contributed by atoms with Crippen LogP contribution < -0.4 is 22.1 Å². The summed E-state index contributed by atoms with van der Waals surface area (Å²) < 4.78 is 2.21. The van der Waals surface area contributed by atoms with Crippen molar-refractivity contribution < 1.29 is 0 Å². The van der Waals surface area contributed by atoms with Crippen molar-refractivity contribution in [2.45, 2.75) is 44.7 Å². The van der Waals surface area contributed by atoms with Gasteiger partial charge in [0.25, 0.3) is 0 Å². The van der Waals surface area contributed by atoms with Crippen molar-refractivity contribution in [1.82, 2.24) is 24.5 Å². The molecule has 0 radical (unpaired) electrons. The van der Waals surface area contributed by atoms with Gasteiger partial charge in [0.15, 0.2) is 17.0 Å². The Bertz CT molecular complexity index is 1240. The van der Waals surface area contributed by atoms with E-state index in [1.165, 1.54) is 12.8 Å². The average molecular weight is 458 g/mol. The van der Waals surface area contributed by atoms with Crippen molar-refractivity contribution in [1.29, 1.82) is 0 Å². The minimum Gasteiger partial charge on any atom is -0.398 e. The summed E-state index contributed by atoms with van der Waals surface area (Å²) in [4.78, 5) is 18.8. The smallest absolute Gasteiger partial charge is 0.226 e. The van der Waals surface area contributed by atoms with Crippen LogP contribution in [0.5, 0.6) is 0 Å². The van der Waals surface area contributed by atoms with E-state index in [1.807, 2.05) is 42.9 Å². The van der Waals surface area contributed by atoms with E-state index < -0.39 is 0 Å². The van der Waals surface area contributed by atoms with Gasteiger partial charge in [0.1, 0.15) is 0 Å². The first-order chi connectivity index (χ1) is 16.7. The lowest BCUT2D eigenvalue weighted by molar-refractivity contribution is 0.529. The average Bonchev–Trinajstić information content (AvgIpc) is 3.53. The van der Waals surface area contributed by atoms with E-state index in [4.69, 9.17) is 21.4 Å². The van der Waals surface area contributed by atoms with Crippen molar-refractivity contribution in [3.05, 3.63) is 54.5 Å². The summed E-state index contributed by atoms with van der Waals surface area (Å²) in [5, 5.41) is 6.76. The molecule has 0 bridgehead atoms. The number of fused-ring (bicyclic) bond motifs is 1. The van der Waals surface area contributed by atoms with E-state index in [9.17, 15) is 0 Å². The number of hydrogen-bond donors (Lipinski definition) is 4. The number of imidazole rings is 1. The van der Waals surface area contributed by atoms with Crippen LogP contribution in [0, 0.1) is 0 Å². The molecule has 1 aliphatic rings. The fraction of sp³-hybridized carbons (Fsp3) is 0.360. The monoisotopic (exact) mass is 457 g/mol. The third kappa shape index (κ3) is 4.65. The van der Waals surface area contributed by atoms with E-state index >= 15 is 0 Å². The van der Waals surface area contributed by atoms with Crippen LogP contribution in [0.15, 0.2) is 48.9 Å². The number of anilines is 3. The second-order valence-corrected chi connectivity index (χ2v) is 8.72. The van der Waals surface area contributed by atoms with E-state index in [-0.39, 0.29) is 0 Å². The summed E-state index contributed by atoms with van der Waals surface area (Å²) in [5.41, 5.74) is 17.0. The summed E-state index contributed by atoms with van der Waals surface area (Å²) >= 11 is 0. The van der Waals surface area contributed by atoms with Crippen molar-refractivity contribution in [3.8, 4) is 11.3 Å². The van der Waals surface area contributed by atoms with E-state index in [2.05, 4.69) is 31.2 Å². The molecule has 34 heavy (non-hydrogen) atoms. The minimum atomic E-state index is 0.451. The third-order valence-corrected chi connectivity index (χ3v) is 6.32. The molecule has 3 heterocycles. The molecule has 5 rings (SSSR count). The lowest BCUT2D eigenvalue weighted by atomic mass is 10.1. The number of aromatic nitrogens is 5. The Morgan fingerprint density at radius 1 is 1.00 bits per heavy atom. The zero-order valence-electron chi connectivity index (χ0n) is 19.2. The van der Waals surface area contributed by atoms with Crippen molar-refractivity contribution in [2.24, 2.45) is 5.73 Å². The van der Waals surface area contributed by atoms with E-state index in [0.717, 1.165) is 59.5 Å². The first kappa shape index (κ1) is 22.1. The number of nitrogens with zero attached hydrogens (tertiary/aromatic N) is 5. The normalized spacial score (nSPS) is 14.0. The van der Waals surface area contributed by atoms with Crippen LogP contribution in [-0.4, -0.2) is 37.6 Å². The highest BCUT2D eigenvalue weighted by Gasteiger charge is 2.21. The summed E-state index contributed by atoms with van der Waals surface area (Å²) in [6.45, 7) is 1.92. The number of rotatable bonds is 9. The maximum Gasteiger partial charge on any atom is 0.226 e. The number of nitrogens with one attached hydrogen (secondary N) is 2. The molecule has 6 N–H and O–H groups in total. The van der Waals surface area contributed by atoms with Crippen LogP contribution in [-0.2, 0) is 6.54 Å². The van der Waals surface area contributed by atoms with E-state index in [0.29, 0.717) is 30.9 Å². The Hall–Kier alpha value is -3.72. The fourth-order valence-electron chi connectivity index (χ4n) is 4.48. The quantitative estimate of drug-likeness (QED) is 0.219. The Labute approximate surface area is 199 Å². The van der Waals surface area contributed by atoms with Gasteiger partial charge < -0.3 is 26.7 Å². The largest absolute Gasteiger partial charge is 0.398 e. The molecule has 0 saturated heterocycles. The Balaban J connectivity index is 1.38. The lowest BCUT2D eigenvalue weighted by Crippen LogP contribution is -2.13. The van der Waals surface area contributed by atoms with Crippen LogP contribution in [0.4, 0.5) is 17.5 Å². The highest BCUT2D eigenvalue weighted by atomic mass is 15.2. The third-order valence-electron chi connectivity index (χ3n) is 6.32. The molecule has 1 aromatic carbocycles. The second-order valence-electron chi connectivity index (χ2n) is 8.72. The molecule has 0 unspecified atom stereocenters. The Morgan fingerprint density at radius 2 is 1.85 bits per heavy atom. The van der Waals surface area contributed by atoms with Crippen molar-refractivity contribution in [3.63, 3.8) is 0 Å². The maximum atomic E-state index is 6.09. The van der Waals surface area contributed by atoms with Crippen LogP contribution in [0.1, 0.15) is 43.7 Å².